The lowest BCUT2D eigenvalue weighted by molar-refractivity contribution is 0.328. The number of hydrogen-bond acceptors (Lipinski definition) is 5. The first-order valence-corrected chi connectivity index (χ1v) is 10.3. The minimum absolute atomic E-state index is 0.235. The summed E-state index contributed by atoms with van der Waals surface area (Å²) in [5.41, 5.74) is 6.16. The average Bonchev–Trinajstić information content (AvgIpc) is 3.43. The molecule has 5 rings (SSSR count). The normalized spacial score (nSPS) is 17.6. The van der Waals surface area contributed by atoms with Gasteiger partial charge in [0, 0.05) is 41.3 Å². The maximum atomic E-state index is 13.4. The SMILES string of the molecule is Cc1ncsc1CN1CCC(c2ccnc3ncc(-c4ccc(F)cc4)n23)C1. The van der Waals surface area contributed by atoms with Crippen molar-refractivity contribution in [2.45, 2.75) is 25.8 Å². The van der Waals surface area contributed by atoms with Crippen molar-refractivity contribution in [3.05, 3.63) is 70.3 Å². The molecule has 0 radical (unpaired) electrons. The van der Waals surface area contributed by atoms with E-state index < -0.39 is 0 Å². The molecule has 1 fully saturated rings. The fourth-order valence-corrected chi connectivity index (χ4v) is 4.80. The van der Waals surface area contributed by atoms with Crippen molar-refractivity contribution in [2.24, 2.45) is 0 Å². The number of nitrogens with zero attached hydrogens (tertiary/aromatic N) is 5. The van der Waals surface area contributed by atoms with Crippen LogP contribution < -0.4 is 0 Å². The van der Waals surface area contributed by atoms with Crippen molar-refractivity contribution < 1.29 is 4.39 Å². The predicted molar refractivity (Wildman–Crippen MR) is 108 cm³/mol. The molecule has 0 saturated carbocycles. The first-order chi connectivity index (χ1) is 13.7. The standard InChI is InChI=1S/C21H20FN5S/c1-14-20(28-13-25-14)12-26-9-7-16(11-26)18-6-8-23-21-24-10-19(27(18)21)15-2-4-17(22)5-3-15/h2-6,8,10,13,16H,7,9,11-12H2,1H3. The van der Waals surface area contributed by atoms with Crippen molar-refractivity contribution in [1.82, 2.24) is 24.3 Å². The number of halogens is 1. The number of benzene rings is 1. The van der Waals surface area contributed by atoms with Gasteiger partial charge in [0.25, 0.3) is 0 Å². The molecule has 1 aromatic carbocycles. The highest BCUT2D eigenvalue weighted by molar-refractivity contribution is 7.09. The van der Waals surface area contributed by atoms with E-state index in [2.05, 4.69) is 37.2 Å². The summed E-state index contributed by atoms with van der Waals surface area (Å²) in [4.78, 5) is 17.1. The molecule has 1 atom stereocenters. The number of fused-ring (bicyclic) bond motifs is 1. The van der Waals surface area contributed by atoms with Gasteiger partial charge >= 0.3 is 0 Å². The Kier molecular flexibility index (Phi) is 4.41. The Balaban J connectivity index is 1.47. The molecule has 142 valence electrons. The maximum Gasteiger partial charge on any atom is 0.234 e. The highest BCUT2D eigenvalue weighted by atomic mass is 32.1. The molecule has 0 amide bonds. The van der Waals surface area contributed by atoms with Crippen LogP contribution in [0.3, 0.4) is 0 Å². The molecule has 4 heterocycles. The molecule has 0 aliphatic carbocycles. The number of imidazole rings is 1. The highest BCUT2D eigenvalue weighted by Crippen LogP contribution is 2.32. The lowest BCUT2D eigenvalue weighted by atomic mass is 10.0. The Labute approximate surface area is 166 Å². The first-order valence-electron chi connectivity index (χ1n) is 9.38. The van der Waals surface area contributed by atoms with Gasteiger partial charge in [-0.15, -0.1) is 11.3 Å². The van der Waals surface area contributed by atoms with Gasteiger partial charge in [0.1, 0.15) is 5.82 Å². The van der Waals surface area contributed by atoms with Crippen molar-refractivity contribution in [3.63, 3.8) is 0 Å². The van der Waals surface area contributed by atoms with Gasteiger partial charge in [-0.1, -0.05) is 0 Å². The molecule has 5 nitrogen and oxygen atoms in total. The number of aromatic nitrogens is 4. The first kappa shape index (κ1) is 17.5. The number of aryl methyl sites for hydroxylation is 1. The molecular formula is C21H20FN5S. The average molecular weight is 393 g/mol. The molecule has 0 bridgehead atoms. The van der Waals surface area contributed by atoms with Gasteiger partial charge in [-0.3, -0.25) is 9.30 Å². The van der Waals surface area contributed by atoms with Gasteiger partial charge in [-0.2, -0.15) is 0 Å². The third-order valence-electron chi connectivity index (χ3n) is 5.48. The van der Waals surface area contributed by atoms with Gasteiger partial charge < -0.3 is 0 Å². The number of rotatable bonds is 4. The van der Waals surface area contributed by atoms with E-state index in [0.29, 0.717) is 11.7 Å². The Morgan fingerprint density at radius 2 is 2.00 bits per heavy atom. The predicted octanol–water partition coefficient (Wildman–Crippen LogP) is 4.29. The van der Waals surface area contributed by atoms with Crippen LogP contribution in [-0.4, -0.2) is 37.3 Å². The second-order valence-electron chi connectivity index (χ2n) is 7.24. The van der Waals surface area contributed by atoms with Crippen LogP contribution in [0.25, 0.3) is 17.0 Å². The van der Waals surface area contributed by atoms with Crippen LogP contribution in [0.2, 0.25) is 0 Å². The van der Waals surface area contributed by atoms with Crippen molar-refractivity contribution in [1.29, 1.82) is 0 Å². The van der Waals surface area contributed by atoms with Crippen LogP contribution in [0, 0.1) is 12.7 Å². The molecule has 0 spiro atoms. The minimum Gasteiger partial charge on any atom is -0.298 e. The van der Waals surface area contributed by atoms with E-state index in [1.54, 1.807) is 23.5 Å². The Bertz CT molecular complexity index is 1120. The van der Waals surface area contributed by atoms with E-state index in [-0.39, 0.29) is 5.82 Å². The van der Waals surface area contributed by atoms with Crippen molar-refractivity contribution in [2.75, 3.05) is 13.1 Å². The summed E-state index contributed by atoms with van der Waals surface area (Å²) in [5, 5.41) is 0. The molecule has 1 aliphatic heterocycles. The Morgan fingerprint density at radius 1 is 1.14 bits per heavy atom. The summed E-state index contributed by atoms with van der Waals surface area (Å²) >= 11 is 1.73. The van der Waals surface area contributed by atoms with Crippen LogP contribution in [0.4, 0.5) is 4.39 Å². The summed E-state index contributed by atoms with van der Waals surface area (Å²) in [6, 6.07) is 8.65. The molecule has 3 aromatic heterocycles. The second kappa shape index (κ2) is 7.07. The van der Waals surface area contributed by atoms with Crippen LogP contribution in [0.1, 0.15) is 28.6 Å². The zero-order valence-corrected chi connectivity index (χ0v) is 16.4. The van der Waals surface area contributed by atoms with Gasteiger partial charge in [0.2, 0.25) is 5.78 Å². The Morgan fingerprint density at radius 3 is 2.79 bits per heavy atom. The van der Waals surface area contributed by atoms with E-state index in [1.807, 2.05) is 17.9 Å². The molecule has 1 saturated heterocycles. The topological polar surface area (TPSA) is 46.3 Å². The molecule has 4 aromatic rings. The minimum atomic E-state index is -0.235. The van der Waals surface area contributed by atoms with Crippen molar-refractivity contribution >= 4 is 17.1 Å². The van der Waals surface area contributed by atoms with Crippen LogP contribution >= 0.6 is 11.3 Å². The van der Waals surface area contributed by atoms with Gasteiger partial charge in [-0.05, 0) is 50.2 Å². The van der Waals surface area contributed by atoms with E-state index in [9.17, 15) is 4.39 Å². The number of likely N-dealkylation sites (tertiary alicyclic amines) is 1. The fourth-order valence-electron chi connectivity index (χ4n) is 3.98. The monoisotopic (exact) mass is 393 g/mol. The molecule has 0 N–H and O–H groups in total. The third-order valence-corrected chi connectivity index (χ3v) is 6.40. The largest absolute Gasteiger partial charge is 0.298 e. The van der Waals surface area contributed by atoms with Gasteiger partial charge in [-0.25, -0.2) is 19.3 Å². The molecule has 1 unspecified atom stereocenters. The van der Waals surface area contributed by atoms with Gasteiger partial charge in [0.15, 0.2) is 0 Å². The van der Waals surface area contributed by atoms with Crippen LogP contribution in [-0.2, 0) is 6.54 Å². The van der Waals surface area contributed by atoms with Gasteiger partial charge in [0.05, 0.1) is 23.1 Å². The summed E-state index contributed by atoms with van der Waals surface area (Å²) in [5.74, 6) is 0.862. The Hall–Kier alpha value is -2.64. The summed E-state index contributed by atoms with van der Waals surface area (Å²) in [6.07, 6.45) is 4.76. The number of hydrogen-bond donors (Lipinski definition) is 0. The van der Waals surface area contributed by atoms with E-state index in [0.717, 1.165) is 43.0 Å². The lowest BCUT2D eigenvalue weighted by Gasteiger charge is -2.17. The summed E-state index contributed by atoms with van der Waals surface area (Å²) in [6.45, 7) is 5.09. The van der Waals surface area contributed by atoms with E-state index in [4.69, 9.17) is 0 Å². The zero-order chi connectivity index (χ0) is 19.1. The van der Waals surface area contributed by atoms with E-state index in [1.165, 1.54) is 22.7 Å². The molecule has 1 aliphatic rings. The van der Waals surface area contributed by atoms with Crippen LogP contribution in [0.5, 0.6) is 0 Å². The smallest absolute Gasteiger partial charge is 0.234 e. The quantitative estimate of drug-likeness (QED) is 0.519. The molecule has 28 heavy (non-hydrogen) atoms. The highest BCUT2D eigenvalue weighted by Gasteiger charge is 2.27. The number of thiazole rings is 1. The molecular weight excluding hydrogens is 373 g/mol. The zero-order valence-electron chi connectivity index (χ0n) is 15.5. The third kappa shape index (κ3) is 3.10. The second-order valence-corrected chi connectivity index (χ2v) is 8.18. The van der Waals surface area contributed by atoms with Crippen LogP contribution in [0.15, 0.2) is 48.2 Å². The van der Waals surface area contributed by atoms with Crippen molar-refractivity contribution in [3.8, 4) is 11.3 Å². The summed E-state index contributed by atoms with van der Waals surface area (Å²) in [7, 11) is 0. The maximum absolute atomic E-state index is 13.4. The van der Waals surface area contributed by atoms with E-state index >= 15 is 0 Å². The lowest BCUT2D eigenvalue weighted by Crippen LogP contribution is -2.20. The summed E-state index contributed by atoms with van der Waals surface area (Å²) < 4.78 is 15.5. The molecule has 7 heteroatoms. The fraction of sp³-hybridized carbons (Fsp3) is 0.286.